The Bertz CT molecular complexity index is 503. The van der Waals surface area contributed by atoms with Gasteiger partial charge in [0.2, 0.25) is 5.91 Å². The van der Waals surface area contributed by atoms with Crippen molar-refractivity contribution in [2.24, 2.45) is 5.92 Å². The summed E-state index contributed by atoms with van der Waals surface area (Å²) in [7, 11) is 0. The van der Waals surface area contributed by atoms with Gasteiger partial charge >= 0.3 is 0 Å². The highest BCUT2D eigenvalue weighted by molar-refractivity contribution is 5.86. The third-order valence-electron chi connectivity index (χ3n) is 4.70. The zero-order valence-corrected chi connectivity index (χ0v) is 11.9. The van der Waals surface area contributed by atoms with E-state index in [-0.39, 0.29) is 24.6 Å². The molecule has 1 saturated heterocycles. The molecule has 0 saturated carbocycles. The SMILES string of the molecule is CC1CCN(C(=O)C2CCc3ccccc3N2)C1CO. The van der Waals surface area contributed by atoms with Gasteiger partial charge in [-0.15, -0.1) is 0 Å². The highest BCUT2D eigenvalue weighted by atomic mass is 16.3. The molecule has 1 fully saturated rings. The molecule has 1 aromatic rings. The van der Waals surface area contributed by atoms with Gasteiger partial charge in [-0.3, -0.25) is 4.79 Å². The fourth-order valence-corrected chi connectivity index (χ4v) is 3.38. The molecule has 2 N–H and O–H groups in total. The highest BCUT2D eigenvalue weighted by Crippen LogP contribution is 2.29. The lowest BCUT2D eigenvalue weighted by atomic mass is 9.97. The first-order valence-electron chi connectivity index (χ1n) is 7.46. The van der Waals surface area contributed by atoms with Crippen LogP contribution in [-0.4, -0.2) is 41.1 Å². The van der Waals surface area contributed by atoms with E-state index in [9.17, 15) is 9.90 Å². The quantitative estimate of drug-likeness (QED) is 0.862. The number of fused-ring (bicyclic) bond motifs is 1. The van der Waals surface area contributed by atoms with E-state index in [0.717, 1.165) is 31.5 Å². The number of nitrogens with zero attached hydrogens (tertiary/aromatic N) is 1. The first kappa shape index (κ1) is 13.4. The van der Waals surface area contributed by atoms with Crippen molar-refractivity contribution in [1.29, 1.82) is 0 Å². The average Bonchev–Trinajstić information content (AvgIpc) is 2.86. The highest BCUT2D eigenvalue weighted by Gasteiger charge is 2.37. The number of aliphatic hydroxyl groups excluding tert-OH is 1. The number of para-hydroxylation sites is 1. The van der Waals surface area contributed by atoms with Crippen molar-refractivity contribution in [2.45, 2.75) is 38.3 Å². The van der Waals surface area contributed by atoms with Gasteiger partial charge in [0.25, 0.3) is 0 Å². The Labute approximate surface area is 119 Å². The van der Waals surface area contributed by atoms with E-state index in [1.165, 1.54) is 5.56 Å². The summed E-state index contributed by atoms with van der Waals surface area (Å²) in [5, 5.41) is 12.9. The number of hydrogen-bond acceptors (Lipinski definition) is 3. The molecule has 0 aliphatic carbocycles. The molecular weight excluding hydrogens is 252 g/mol. The van der Waals surface area contributed by atoms with Crippen LogP contribution < -0.4 is 5.32 Å². The third-order valence-corrected chi connectivity index (χ3v) is 4.70. The lowest BCUT2D eigenvalue weighted by Crippen LogP contribution is -2.48. The Morgan fingerprint density at radius 2 is 2.20 bits per heavy atom. The second-order valence-electron chi connectivity index (χ2n) is 5.94. The topological polar surface area (TPSA) is 52.6 Å². The normalized spacial score (nSPS) is 28.9. The van der Waals surface area contributed by atoms with Gasteiger partial charge in [-0.1, -0.05) is 25.1 Å². The first-order chi connectivity index (χ1) is 9.70. The number of aryl methyl sites for hydroxylation is 1. The summed E-state index contributed by atoms with van der Waals surface area (Å²) in [5.41, 5.74) is 2.36. The van der Waals surface area contributed by atoms with Gasteiger partial charge in [-0.25, -0.2) is 0 Å². The summed E-state index contributed by atoms with van der Waals surface area (Å²) in [5.74, 6) is 0.530. The van der Waals surface area contributed by atoms with Crippen LogP contribution in [0.2, 0.25) is 0 Å². The second kappa shape index (κ2) is 5.44. The lowest BCUT2D eigenvalue weighted by molar-refractivity contribution is -0.134. The molecule has 3 rings (SSSR count). The van der Waals surface area contributed by atoms with Crippen LogP contribution in [0.15, 0.2) is 24.3 Å². The molecule has 2 aliphatic rings. The number of hydrogen-bond donors (Lipinski definition) is 2. The largest absolute Gasteiger partial charge is 0.394 e. The van der Waals surface area contributed by atoms with Gasteiger partial charge in [-0.2, -0.15) is 0 Å². The molecule has 3 atom stereocenters. The Morgan fingerprint density at radius 1 is 1.40 bits per heavy atom. The van der Waals surface area contributed by atoms with Crippen LogP contribution in [0, 0.1) is 5.92 Å². The van der Waals surface area contributed by atoms with Crippen molar-refractivity contribution < 1.29 is 9.90 Å². The van der Waals surface area contributed by atoms with Gasteiger partial charge in [0.15, 0.2) is 0 Å². The van der Waals surface area contributed by atoms with E-state index >= 15 is 0 Å². The van der Waals surface area contributed by atoms with Crippen molar-refractivity contribution in [3.8, 4) is 0 Å². The Balaban J connectivity index is 1.73. The third kappa shape index (κ3) is 2.29. The number of carbonyl (C=O) groups excluding carboxylic acids is 1. The minimum Gasteiger partial charge on any atom is -0.394 e. The number of anilines is 1. The van der Waals surface area contributed by atoms with Gasteiger partial charge < -0.3 is 15.3 Å². The fraction of sp³-hybridized carbons (Fsp3) is 0.562. The first-order valence-corrected chi connectivity index (χ1v) is 7.46. The Morgan fingerprint density at radius 3 is 3.00 bits per heavy atom. The van der Waals surface area contributed by atoms with Crippen molar-refractivity contribution >= 4 is 11.6 Å². The van der Waals surface area contributed by atoms with Crippen LogP contribution in [0.3, 0.4) is 0 Å². The van der Waals surface area contributed by atoms with Gasteiger partial charge in [0, 0.05) is 12.2 Å². The molecule has 108 valence electrons. The molecule has 2 heterocycles. The summed E-state index contributed by atoms with van der Waals surface area (Å²) in [4.78, 5) is 14.5. The zero-order valence-electron chi connectivity index (χ0n) is 11.9. The van der Waals surface area contributed by atoms with Crippen LogP contribution in [0.5, 0.6) is 0 Å². The van der Waals surface area contributed by atoms with Crippen LogP contribution in [-0.2, 0) is 11.2 Å². The number of amides is 1. The second-order valence-corrected chi connectivity index (χ2v) is 5.94. The van der Waals surface area contributed by atoms with Crippen molar-refractivity contribution in [3.05, 3.63) is 29.8 Å². The maximum absolute atomic E-state index is 12.7. The molecule has 1 aromatic carbocycles. The number of likely N-dealkylation sites (tertiary alicyclic amines) is 1. The standard InChI is InChI=1S/C16H22N2O2/c1-11-8-9-18(15(11)10-19)16(20)14-7-6-12-4-2-3-5-13(12)17-14/h2-5,11,14-15,17,19H,6-10H2,1H3. The van der Waals surface area contributed by atoms with Crippen LogP contribution in [0.1, 0.15) is 25.3 Å². The van der Waals surface area contributed by atoms with Gasteiger partial charge in [-0.05, 0) is 36.8 Å². The average molecular weight is 274 g/mol. The number of rotatable bonds is 2. The summed E-state index contributed by atoms with van der Waals surface area (Å²) >= 11 is 0. The minimum absolute atomic E-state index is 0.0125. The van der Waals surface area contributed by atoms with E-state index in [4.69, 9.17) is 0 Å². The molecule has 20 heavy (non-hydrogen) atoms. The predicted molar refractivity (Wildman–Crippen MR) is 78.5 cm³/mol. The van der Waals surface area contributed by atoms with E-state index < -0.39 is 0 Å². The monoisotopic (exact) mass is 274 g/mol. The lowest BCUT2D eigenvalue weighted by Gasteiger charge is -2.32. The Hall–Kier alpha value is -1.55. The zero-order chi connectivity index (χ0) is 14.1. The smallest absolute Gasteiger partial charge is 0.245 e. The predicted octanol–water partition coefficient (Wildman–Crippen LogP) is 1.64. The molecule has 0 spiro atoms. The number of benzene rings is 1. The van der Waals surface area contributed by atoms with E-state index in [1.807, 2.05) is 23.1 Å². The molecule has 0 aromatic heterocycles. The number of nitrogens with one attached hydrogen (secondary N) is 1. The van der Waals surface area contributed by atoms with Crippen molar-refractivity contribution in [2.75, 3.05) is 18.5 Å². The number of carbonyl (C=O) groups is 1. The maximum atomic E-state index is 12.7. The summed E-state index contributed by atoms with van der Waals surface area (Å²) in [6.45, 7) is 2.94. The van der Waals surface area contributed by atoms with Crippen LogP contribution >= 0.6 is 0 Å². The summed E-state index contributed by atoms with van der Waals surface area (Å²) in [6, 6.07) is 8.01. The van der Waals surface area contributed by atoms with Crippen molar-refractivity contribution in [1.82, 2.24) is 4.90 Å². The molecular formula is C16H22N2O2. The Kier molecular flexibility index (Phi) is 3.66. The minimum atomic E-state index is -0.149. The molecule has 2 aliphatic heterocycles. The molecule has 1 amide bonds. The fourth-order valence-electron chi connectivity index (χ4n) is 3.38. The summed E-state index contributed by atoms with van der Waals surface area (Å²) < 4.78 is 0. The molecule has 4 heteroatoms. The van der Waals surface area contributed by atoms with Gasteiger partial charge in [0.1, 0.15) is 6.04 Å². The van der Waals surface area contributed by atoms with E-state index in [0.29, 0.717) is 5.92 Å². The van der Waals surface area contributed by atoms with E-state index in [1.54, 1.807) is 0 Å². The van der Waals surface area contributed by atoms with Gasteiger partial charge in [0.05, 0.1) is 12.6 Å². The molecule has 0 radical (unpaired) electrons. The number of aliphatic hydroxyl groups is 1. The maximum Gasteiger partial charge on any atom is 0.245 e. The van der Waals surface area contributed by atoms with Crippen LogP contribution in [0.4, 0.5) is 5.69 Å². The van der Waals surface area contributed by atoms with E-state index in [2.05, 4.69) is 18.3 Å². The van der Waals surface area contributed by atoms with Crippen molar-refractivity contribution in [3.63, 3.8) is 0 Å². The molecule has 0 bridgehead atoms. The molecule has 4 nitrogen and oxygen atoms in total. The van der Waals surface area contributed by atoms with Crippen LogP contribution in [0.25, 0.3) is 0 Å². The molecule has 3 unspecified atom stereocenters. The summed E-state index contributed by atoms with van der Waals surface area (Å²) in [6.07, 6.45) is 2.76.